The van der Waals surface area contributed by atoms with E-state index in [4.69, 9.17) is 4.74 Å². The van der Waals surface area contributed by atoms with Crippen molar-refractivity contribution >= 4 is 17.5 Å². The van der Waals surface area contributed by atoms with Crippen LogP contribution >= 0.6 is 0 Å². The maximum absolute atomic E-state index is 12.7. The van der Waals surface area contributed by atoms with Crippen molar-refractivity contribution in [2.24, 2.45) is 0 Å². The minimum absolute atomic E-state index is 0.0261. The first-order valence-electron chi connectivity index (χ1n) is 8.73. The van der Waals surface area contributed by atoms with Crippen molar-refractivity contribution in [1.29, 1.82) is 0 Å². The molecule has 142 valence electrons. The number of ether oxygens (including phenoxy) is 1. The molecule has 1 aliphatic heterocycles. The van der Waals surface area contributed by atoms with E-state index in [0.29, 0.717) is 24.7 Å². The first kappa shape index (κ1) is 17.7. The molecule has 9 heteroatoms. The van der Waals surface area contributed by atoms with Gasteiger partial charge in [-0.15, -0.1) is 5.10 Å². The van der Waals surface area contributed by atoms with E-state index in [9.17, 15) is 9.59 Å². The van der Waals surface area contributed by atoms with Crippen LogP contribution in [0.25, 0.3) is 5.69 Å². The molecule has 3 heterocycles. The van der Waals surface area contributed by atoms with Gasteiger partial charge >= 0.3 is 0 Å². The van der Waals surface area contributed by atoms with Gasteiger partial charge in [-0.05, 0) is 18.2 Å². The number of amides is 2. The lowest BCUT2D eigenvalue weighted by Crippen LogP contribution is -2.52. The number of pyridine rings is 1. The fourth-order valence-electron chi connectivity index (χ4n) is 3.01. The minimum Gasteiger partial charge on any atom is -0.481 e. The average molecular weight is 378 g/mol. The maximum atomic E-state index is 12.7. The average Bonchev–Trinajstić information content (AvgIpc) is 3.24. The number of anilines is 1. The van der Waals surface area contributed by atoms with Gasteiger partial charge in [-0.25, -0.2) is 4.98 Å². The zero-order valence-corrected chi connectivity index (χ0v) is 15.2. The van der Waals surface area contributed by atoms with Crippen LogP contribution in [-0.4, -0.2) is 63.4 Å². The van der Waals surface area contributed by atoms with Crippen molar-refractivity contribution in [3.63, 3.8) is 0 Å². The second kappa shape index (κ2) is 7.47. The van der Waals surface area contributed by atoms with Crippen LogP contribution in [0, 0.1) is 0 Å². The number of aromatic nitrogens is 4. The second-order valence-corrected chi connectivity index (χ2v) is 6.18. The molecule has 1 fully saturated rings. The molecule has 1 aliphatic rings. The van der Waals surface area contributed by atoms with E-state index in [1.807, 2.05) is 30.3 Å². The van der Waals surface area contributed by atoms with Crippen LogP contribution in [0.15, 0.2) is 54.9 Å². The van der Waals surface area contributed by atoms with E-state index in [-0.39, 0.29) is 24.1 Å². The Labute approximate surface area is 161 Å². The number of para-hydroxylation sites is 1. The summed E-state index contributed by atoms with van der Waals surface area (Å²) in [6.07, 6.45) is 3.00. The molecule has 0 unspecified atom stereocenters. The van der Waals surface area contributed by atoms with Crippen LogP contribution in [0.3, 0.4) is 0 Å². The highest BCUT2D eigenvalue weighted by Gasteiger charge is 2.30. The van der Waals surface area contributed by atoms with Crippen molar-refractivity contribution in [2.45, 2.75) is 0 Å². The molecule has 1 aromatic carbocycles. The van der Waals surface area contributed by atoms with Gasteiger partial charge in [0.1, 0.15) is 6.54 Å². The molecule has 2 amide bonds. The monoisotopic (exact) mass is 378 g/mol. The van der Waals surface area contributed by atoms with Gasteiger partial charge in [-0.2, -0.15) is 9.90 Å². The zero-order valence-electron chi connectivity index (χ0n) is 15.2. The number of hydrogen-bond acceptors (Lipinski definition) is 6. The summed E-state index contributed by atoms with van der Waals surface area (Å²) in [6, 6.07) is 12.8. The molecular formula is C19H18N6O3. The van der Waals surface area contributed by atoms with E-state index < -0.39 is 0 Å². The third kappa shape index (κ3) is 3.41. The van der Waals surface area contributed by atoms with Crippen LogP contribution in [0.5, 0.6) is 5.88 Å². The lowest BCUT2D eigenvalue weighted by Gasteiger charge is -2.33. The second-order valence-electron chi connectivity index (χ2n) is 6.18. The van der Waals surface area contributed by atoms with Gasteiger partial charge < -0.3 is 14.5 Å². The highest BCUT2D eigenvalue weighted by Crippen LogP contribution is 2.21. The number of hydrogen-bond donors (Lipinski definition) is 0. The Morgan fingerprint density at radius 2 is 1.93 bits per heavy atom. The predicted molar refractivity (Wildman–Crippen MR) is 100 cm³/mol. The number of methoxy groups -OCH3 is 1. The van der Waals surface area contributed by atoms with Crippen LogP contribution in [0.2, 0.25) is 0 Å². The van der Waals surface area contributed by atoms with Crippen LogP contribution < -0.4 is 9.64 Å². The molecule has 0 saturated carbocycles. The molecule has 4 rings (SSSR count). The highest BCUT2D eigenvalue weighted by atomic mass is 16.5. The molecule has 28 heavy (non-hydrogen) atoms. The molecule has 0 bridgehead atoms. The smallest absolute Gasteiger partial charge is 0.276 e. The number of carbonyl (C=O) groups excluding carboxylic acids is 2. The van der Waals surface area contributed by atoms with Crippen molar-refractivity contribution in [3.8, 4) is 11.6 Å². The normalized spacial score (nSPS) is 14.2. The van der Waals surface area contributed by atoms with Crippen molar-refractivity contribution in [1.82, 2.24) is 24.9 Å². The first-order valence-corrected chi connectivity index (χ1v) is 8.73. The third-order valence-electron chi connectivity index (χ3n) is 4.45. The minimum atomic E-state index is -0.317. The summed E-state index contributed by atoms with van der Waals surface area (Å²) in [6.45, 7) is 0.750. The lowest BCUT2D eigenvalue weighted by atomic mass is 10.2. The molecule has 0 radical (unpaired) electrons. The Kier molecular flexibility index (Phi) is 4.71. The van der Waals surface area contributed by atoms with Gasteiger partial charge in [0.2, 0.25) is 11.8 Å². The molecule has 0 N–H and O–H groups in total. The summed E-state index contributed by atoms with van der Waals surface area (Å²) in [5, 5.41) is 8.39. The van der Waals surface area contributed by atoms with Gasteiger partial charge in [-0.1, -0.05) is 18.2 Å². The van der Waals surface area contributed by atoms with E-state index in [1.165, 1.54) is 23.0 Å². The molecule has 3 aromatic rings. The predicted octanol–water partition coefficient (Wildman–Crippen LogP) is 1.16. The number of piperazine rings is 1. The molecule has 0 aliphatic carbocycles. The quantitative estimate of drug-likeness (QED) is 0.676. The Morgan fingerprint density at radius 1 is 1.11 bits per heavy atom. The van der Waals surface area contributed by atoms with Gasteiger partial charge in [-0.3, -0.25) is 9.59 Å². The Balaban J connectivity index is 1.46. The SMILES string of the molecule is COc1cc(N2CCN(C(=O)c3cnn(-c4ccccc4)n3)CC2=O)ccn1. The largest absolute Gasteiger partial charge is 0.481 e. The fourth-order valence-corrected chi connectivity index (χ4v) is 3.01. The van der Waals surface area contributed by atoms with Crippen LogP contribution in [0.1, 0.15) is 10.5 Å². The lowest BCUT2D eigenvalue weighted by molar-refractivity contribution is -0.120. The van der Waals surface area contributed by atoms with Crippen molar-refractivity contribution in [2.75, 3.05) is 31.6 Å². The summed E-state index contributed by atoms with van der Waals surface area (Å²) in [4.78, 5) is 33.9. The highest BCUT2D eigenvalue weighted by molar-refractivity contribution is 6.00. The number of benzene rings is 1. The van der Waals surface area contributed by atoms with Crippen LogP contribution in [-0.2, 0) is 4.79 Å². The number of carbonyl (C=O) groups is 2. The maximum Gasteiger partial charge on any atom is 0.276 e. The van der Waals surface area contributed by atoms with E-state index in [0.717, 1.165) is 5.69 Å². The molecule has 9 nitrogen and oxygen atoms in total. The van der Waals surface area contributed by atoms with E-state index in [1.54, 1.807) is 23.2 Å². The topological polar surface area (TPSA) is 93.5 Å². The summed E-state index contributed by atoms with van der Waals surface area (Å²) in [7, 11) is 1.52. The third-order valence-corrected chi connectivity index (χ3v) is 4.45. The van der Waals surface area contributed by atoms with Gasteiger partial charge in [0.05, 0.1) is 24.7 Å². The Bertz CT molecular complexity index is 1000. The Morgan fingerprint density at radius 3 is 2.68 bits per heavy atom. The summed E-state index contributed by atoms with van der Waals surface area (Å²) < 4.78 is 5.11. The summed E-state index contributed by atoms with van der Waals surface area (Å²) >= 11 is 0. The van der Waals surface area contributed by atoms with Gasteiger partial charge in [0, 0.05) is 25.4 Å². The zero-order chi connectivity index (χ0) is 19.5. The standard InChI is InChI=1S/C19H18N6O3/c1-28-17-11-15(7-8-20-17)24-10-9-23(13-18(24)26)19(27)16-12-21-25(22-16)14-5-3-2-4-6-14/h2-8,11-12H,9-10,13H2,1H3. The van der Waals surface area contributed by atoms with Gasteiger partial charge in [0.15, 0.2) is 5.69 Å². The molecule has 2 aromatic heterocycles. The number of nitrogens with zero attached hydrogens (tertiary/aromatic N) is 6. The Hall–Kier alpha value is -3.75. The van der Waals surface area contributed by atoms with Crippen LogP contribution in [0.4, 0.5) is 5.69 Å². The molecule has 1 saturated heterocycles. The fraction of sp³-hybridized carbons (Fsp3) is 0.211. The molecule has 0 spiro atoms. The van der Waals surface area contributed by atoms with Gasteiger partial charge in [0.25, 0.3) is 5.91 Å². The first-order chi connectivity index (χ1) is 13.7. The summed E-state index contributed by atoms with van der Waals surface area (Å²) in [5.74, 6) is -0.0628. The van der Waals surface area contributed by atoms with E-state index in [2.05, 4.69) is 15.2 Å². The van der Waals surface area contributed by atoms with E-state index >= 15 is 0 Å². The number of rotatable bonds is 4. The summed E-state index contributed by atoms with van der Waals surface area (Å²) in [5.41, 5.74) is 1.66. The molecular weight excluding hydrogens is 360 g/mol. The molecule has 0 atom stereocenters. The van der Waals surface area contributed by atoms with Crippen molar-refractivity contribution in [3.05, 3.63) is 60.6 Å². The van der Waals surface area contributed by atoms with Crippen molar-refractivity contribution < 1.29 is 14.3 Å².